The molecule has 0 aromatic carbocycles. The van der Waals surface area contributed by atoms with Gasteiger partial charge in [-0.05, 0) is 44.2 Å². The number of halogens is 1. The fourth-order valence-corrected chi connectivity index (χ4v) is 3.15. The summed E-state index contributed by atoms with van der Waals surface area (Å²) in [5, 5.41) is 5.51. The van der Waals surface area contributed by atoms with Crippen LogP contribution >= 0.6 is 11.6 Å². The molecule has 0 spiro atoms. The summed E-state index contributed by atoms with van der Waals surface area (Å²) in [6, 6.07) is 0.228. The molecule has 1 aliphatic rings. The van der Waals surface area contributed by atoms with Gasteiger partial charge in [0.2, 0.25) is 5.28 Å². The quantitative estimate of drug-likeness (QED) is 0.630. The van der Waals surface area contributed by atoms with E-state index < -0.39 is 0 Å². The van der Waals surface area contributed by atoms with Crippen LogP contribution in [0.5, 0.6) is 0 Å². The van der Waals surface area contributed by atoms with E-state index in [0.29, 0.717) is 0 Å². The largest absolute Gasteiger partial charge is 0.469 e. The van der Waals surface area contributed by atoms with Crippen LogP contribution < -0.4 is 0 Å². The maximum absolute atomic E-state index is 11.9. The van der Waals surface area contributed by atoms with Gasteiger partial charge in [0.1, 0.15) is 0 Å². The lowest BCUT2D eigenvalue weighted by atomic mass is 9.74. The number of nitrogens with zero attached hydrogens (tertiary/aromatic N) is 4. The molecular weight excluding hydrogens is 292 g/mol. The zero-order valence-corrected chi connectivity index (χ0v) is 12.8. The van der Waals surface area contributed by atoms with Gasteiger partial charge < -0.3 is 4.74 Å². The Balaban J connectivity index is 1.83. The van der Waals surface area contributed by atoms with Gasteiger partial charge in [0.15, 0.2) is 5.65 Å². The molecule has 1 fully saturated rings. The van der Waals surface area contributed by atoms with Crippen molar-refractivity contribution >= 4 is 28.6 Å². The van der Waals surface area contributed by atoms with Gasteiger partial charge in [-0.2, -0.15) is 10.1 Å². The summed E-state index contributed by atoms with van der Waals surface area (Å²) >= 11 is 5.87. The second kappa shape index (κ2) is 5.26. The number of rotatable bonds is 2. The Morgan fingerprint density at radius 2 is 2.14 bits per heavy atom. The zero-order valence-electron chi connectivity index (χ0n) is 12.0. The highest BCUT2D eigenvalue weighted by atomic mass is 35.5. The first-order valence-electron chi connectivity index (χ1n) is 6.98. The minimum Gasteiger partial charge on any atom is -0.469 e. The number of hydrogen-bond acceptors (Lipinski definition) is 5. The number of carbonyl (C=O) groups excluding carboxylic acids is 1. The van der Waals surface area contributed by atoms with Gasteiger partial charge in [0.25, 0.3) is 0 Å². The second-order valence-electron chi connectivity index (χ2n) is 5.79. The minimum atomic E-state index is -0.388. The van der Waals surface area contributed by atoms with Crippen LogP contribution in [0.4, 0.5) is 0 Å². The highest BCUT2D eigenvalue weighted by molar-refractivity contribution is 6.28. The molecule has 2 aromatic heterocycles. The number of aromatic nitrogens is 4. The van der Waals surface area contributed by atoms with Gasteiger partial charge >= 0.3 is 5.97 Å². The highest BCUT2D eigenvalue weighted by Crippen LogP contribution is 2.41. The Morgan fingerprint density at radius 1 is 1.43 bits per heavy atom. The van der Waals surface area contributed by atoms with Crippen molar-refractivity contribution in [2.45, 2.75) is 38.6 Å². The van der Waals surface area contributed by atoms with E-state index in [9.17, 15) is 4.79 Å². The monoisotopic (exact) mass is 308 g/mol. The third kappa shape index (κ3) is 2.48. The maximum Gasteiger partial charge on any atom is 0.311 e. The van der Waals surface area contributed by atoms with E-state index in [1.54, 1.807) is 12.4 Å². The number of hydrogen-bond donors (Lipinski definition) is 0. The minimum absolute atomic E-state index is 0.128. The van der Waals surface area contributed by atoms with Crippen molar-refractivity contribution in [3.05, 3.63) is 17.7 Å². The number of ether oxygens (including phenoxy) is 1. The van der Waals surface area contributed by atoms with Crippen LogP contribution in [0.25, 0.3) is 11.0 Å². The smallest absolute Gasteiger partial charge is 0.311 e. The molecule has 6 nitrogen and oxygen atoms in total. The van der Waals surface area contributed by atoms with Gasteiger partial charge in [-0.3, -0.25) is 4.79 Å². The molecule has 3 rings (SSSR count). The van der Waals surface area contributed by atoms with Crippen LogP contribution in [0, 0.1) is 5.41 Å². The topological polar surface area (TPSA) is 69.9 Å². The predicted molar refractivity (Wildman–Crippen MR) is 78.0 cm³/mol. The first kappa shape index (κ1) is 14.3. The van der Waals surface area contributed by atoms with E-state index in [-0.39, 0.29) is 22.7 Å². The Labute approximate surface area is 127 Å². The summed E-state index contributed by atoms with van der Waals surface area (Å²) in [4.78, 5) is 20.1. The van der Waals surface area contributed by atoms with Crippen molar-refractivity contribution in [3.8, 4) is 0 Å². The summed E-state index contributed by atoms with van der Waals surface area (Å²) in [5.41, 5.74) is 0.363. The first-order chi connectivity index (χ1) is 10.0. The fraction of sp³-hybridized carbons (Fsp3) is 0.571. The molecule has 2 heterocycles. The SMILES string of the molecule is COC(=O)C1(C)CCC(n2ncc3cnc(Cl)nc32)CC1. The summed E-state index contributed by atoms with van der Waals surface area (Å²) in [6.07, 6.45) is 6.72. The average molecular weight is 309 g/mol. The van der Waals surface area contributed by atoms with E-state index in [4.69, 9.17) is 16.3 Å². The molecular formula is C14H17ClN4O2. The summed E-state index contributed by atoms with van der Waals surface area (Å²) < 4.78 is 6.81. The number of methoxy groups -OCH3 is 1. The summed E-state index contributed by atoms with van der Waals surface area (Å²) in [6.45, 7) is 1.97. The molecule has 0 radical (unpaired) electrons. The van der Waals surface area contributed by atoms with Crippen molar-refractivity contribution < 1.29 is 9.53 Å². The van der Waals surface area contributed by atoms with E-state index in [1.807, 2.05) is 11.6 Å². The zero-order chi connectivity index (χ0) is 15.0. The molecule has 112 valence electrons. The van der Waals surface area contributed by atoms with Crippen molar-refractivity contribution in [2.24, 2.45) is 5.41 Å². The third-order valence-electron chi connectivity index (χ3n) is 4.39. The summed E-state index contributed by atoms with van der Waals surface area (Å²) in [7, 11) is 1.44. The first-order valence-corrected chi connectivity index (χ1v) is 7.35. The van der Waals surface area contributed by atoms with E-state index in [0.717, 1.165) is 36.7 Å². The third-order valence-corrected chi connectivity index (χ3v) is 4.57. The van der Waals surface area contributed by atoms with E-state index in [1.165, 1.54) is 7.11 Å². The van der Waals surface area contributed by atoms with Gasteiger partial charge in [0, 0.05) is 6.20 Å². The molecule has 0 N–H and O–H groups in total. The Hall–Kier alpha value is -1.69. The van der Waals surface area contributed by atoms with Crippen molar-refractivity contribution in [1.29, 1.82) is 0 Å². The molecule has 0 saturated heterocycles. The normalized spacial score (nSPS) is 26.0. The lowest BCUT2D eigenvalue weighted by Gasteiger charge is -2.34. The summed E-state index contributed by atoms with van der Waals surface area (Å²) in [5.74, 6) is -0.128. The van der Waals surface area contributed by atoms with Crippen molar-refractivity contribution in [3.63, 3.8) is 0 Å². The van der Waals surface area contributed by atoms with Gasteiger partial charge in [-0.15, -0.1) is 0 Å². The van der Waals surface area contributed by atoms with Crippen molar-refractivity contribution in [2.75, 3.05) is 7.11 Å². The molecule has 0 aliphatic heterocycles. The number of fused-ring (bicyclic) bond motifs is 1. The molecule has 0 unspecified atom stereocenters. The highest BCUT2D eigenvalue weighted by Gasteiger charge is 2.39. The molecule has 1 saturated carbocycles. The van der Waals surface area contributed by atoms with Gasteiger partial charge in [0.05, 0.1) is 30.1 Å². The van der Waals surface area contributed by atoms with Crippen molar-refractivity contribution in [1.82, 2.24) is 19.7 Å². The average Bonchev–Trinajstić information content (AvgIpc) is 2.90. The standard InChI is InChI=1S/C14H17ClN4O2/c1-14(12(20)21-2)5-3-10(4-6-14)19-11-9(8-17-19)7-16-13(15)18-11/h7-8,10H,3-6H2,1-2H3. The number of carbonyl (C=O) groups is 1. The van der Waals surface area contributed by atoms with Crippen LogP contribution in [0.3, 0.4) is 0 Å². The molecule has 0 bridgehead atoms. The molecule has 2 aromatic rings. The van der Waals surface area contributed by atoms with Crippen LogP contribution in [0.15, 0.2) is 12.4 Å². The second-order valence-corrected chi connectivity index (χ2v) is 6.13. The molecule has 7 heteroatoms. The van der Waals surface area contributed by atoms with E-state index >= 15 is 0 Å². The molecule has 21 heavy (non-hydrogen) atoms. The predicted octanol–water partition coefficient (Wildman–Crippen LogP) is 2.77. The van der Waals surface area contributed by atoms with Crippen LogP contribution in [-0.4, -0.2) is 32.8 Å². The molecule has 0 atom stereocenters. The van der Waals surface area contributed by atoms with Crippen LogP contribution in [0.1, 0.15) is 38.6 Å². The van der Waals surface area contributed by atoms with Gasteiger partial charge in [-0.25, -0.2) is 9.67 Å². The van der Waals surface area contributed by atoms with Crippen LogP contribution in [-0.2, 0) is 9.53 Å². The Kier molecular flexibility index (Phi) is 3.57. The lowest BCUT2D eigenvalue weighted by molar-refractivity contribution is -0.154. The maximum atomic E-state index is 11.9. The van der Waals surface area contributed by atoms with Gasteiger partial charge in [-0.1, -0.05) is 0 Å². The Bertz CT molecular complexity index is 677. The number of esters is 1. The van der Waals surface area contributed by atoms with E-state index in [2.05, 4.69) is 15.1 Å². The lowest BCUT2D eigenvalue weighted by Crippen LogP contribution is -2.34. The fourth-order valence-electron chi connectivity index (χ4n) is 3.02. The molecule has 1 aliphatic carbocycles. The Morgan fingerprint density at radius 3 is 2.81 bits per heavy atom. The van der Waals surface area contributed by atoms with Crippen LogP contribution in [0.2, 0.25) is 5.28 Å². The molecule has 0 amide bonds.